The van der Waals surface area contributed by atoms with Crippen LogP contribution in [0.4, 0.5) is 0 Å². The average molecular weight is 248 g/mol. The number of hydrogen-bond donors (Lipinski definition) is 1. The molecule has 1 heterocycles. The zero-order valence-corrected chi connectivity index (χ0v) is 10.7. The summed E-state index contributed by atoms with van der Waals surface area (Å²) in [6, 6.07) is 20.8. The van der Waals surface area contributed by atoms with Crippen LogP contribution in [-0.4, -0.2) is 4.98 Å². The van der Waals surface area contributed by atoms with E-state index in [1.54, 1.807) is 0 Å². The summed E-state index contributed by atoms with van der Waals surface area (Å²) in [6.45, 7) is 1.72. The molecule has 0 fully saturated rings. The van der Waals surface area contributed by atoms with E-state index in [4.69, 9.17) is 0 Å². The molecule has 3 aromatic rings. The lowest BCUT2D eigenvalue weighted by molar-refractivity contribution is 0.696. The first-order chi connectivity index (χ1) is 9.43. The monoisotopic (exact) mass is 248 g/mol. The zero-order chi connectivity index (χ0) is 12.9. The highest BCUT2D eigenvalue weighted by Crippen LogP contribution is 2.15. The number of fused-ring (bicyclic) bond motifs is 1. The lowest BCUT2D eigenvalue weighted by Crippen LogP contribution is -2.13. The Morgan fingerprint density at radius 1 is 0.789 bits per heavy atom. The number of nitrogens with one attached hydrogen (secondary N) is 1. The molecule has 0 aliphatic carbocycles. The van der Waals surface area contributed by atoms with Crippen LogP contribution < -0.4 is 5.32 Å². The Balaban J connectivity index is 1.72. The van der Waals surface area contributed by atoms with E-state index in [2.05, 4.69) is 58.8 Å². The van der Waals surface area contributed by atoms with Crippen molar-refractivity contribution in [2.45, 2.75) is 13.1 Å². The quantitative estimate of drug-likeness (QED) is 0.764. The van der Waals surface area contributed by atoms with Crippen molar-refractivity contribution in [3.05, 3.63) is 78.0 Å². The van der Waals surface area contributed by atoms with Gasteiger partial charge in [0.15, 0.2) is 0 Å². The Labute approximate surface area is 113 Å². The van der Waals surface area contributed by atoms with Crippen LogP contribution >= 0.6 is 0 Å². The van der Waals surface area contributed by atoms with E-state index >= 15 is 0 Å². The molecule has 0 aliphatic rings. The van der Waals surface area contributed by atoms with Crippen molar-refractivity contribution in [1.82, 2.24) is 10.3 Å². The highest BCUT2D eigenvalue weighted by atomic mass is 14.9. The second-order valence-corrected chi connectivity index (χ2v) is 4.58. The van der Waals surface area contributed by atoms with E-state index in [-0.39, 0.29) is 0 Å². The molecule has 94 valence electrons. The van der Waals surface area contributed by atoms with Gasteiger partial charge in [0.2, 0.25) is 0 Å². The maximum absolute atomic E-state index is 4.47. The SMILES string of the molecule is c1ccc(CNCc2cccc3cccnc23)cc1. The Morgan fingerprint density at radius 2 is 1.63 bits per heavy atom. The molecular weight excluding hydrogens is 232 g/mol. The van der Waals surface area contributed by atoms with Gasteiger partial charge in [-0.1, -0.05) is 54.6 Å². The third kappa shape index (κ3) is 2.80. The molecule has 0 unspecified atom stereocenters. The van der Waals surface area contributed by atoms with Crippen LogP contribution in [0.5, 0.6) is 0 Å². The van der Waals surface area contributed by atoms with Crippen LogP contribution in [0.25, 0.3) is 10.9 Å². The van der Waals surface area contributed by atoms with Crippen LogP contribution in [-0.2, 0) is 13.1 Å². The van der Waals surface area contributed by atoms with Gasteiger partial charge in [0.25, 0.3) is 0 Å². The van der Waals surface area contributed by atoms with Crippen molar-refractivity contribution in [2.24, 2.45) is 0 Å². The van der Waals surface area contributed by atoms with Crippen molar-refractivity contribution in [1.29, 1.82) is 0 Å². The van der Waals surface area contributed by atoms with Gasteiger partial charge in [0.05, 0.1) is 5.52 Å². The van der Waals surface area contributed by atoms with E-state index in [0.29, 0.717) is 0 Å². The van der Waals surface area contributed by atoms with E-state index in [9.17, 15) is 0 Å². The van der Waals surface area contributed by atoms with Gasteiger partial charge >= 0.3 is 0 Å². The van der Waals surface area contributed by atoms with Crippen LogP contribution in [0, 0.1) is 0 Å². The molecule has 1 N–H and O–H groups in total. The molecule has 0 saturated heterocycles. The summed E-state index contributed by atoms with van der Waals surface area (Å²) < 4.78 is 0. The molecule has 0 amide bonds. The summed E-state index contributed by atoms with van der Waals surface area (Å²) in [6.07, 6.45) is 1.85. The molecule has 0 spiro atoms. The van der Waals surface area contributed by atoms with E-state index in [1.807, 2.05) is 18.3 Å². The lowest BCUT2D eigenvalue weighted by Gasteiger charge is -2.07. The number of hydrogen-bond acceptors (Lipinski definition) is 2. The first-order valence-corrected chi connectivity index (χ1v) is 6.51. The molecule has 2 aromatic carbocycles. The van der Waals surface area contributed by atoms with Crippen molar-refractivity contribution in [3.63, 3.8) is 0 Å². The molecule has 0 radical (unpaired) electrons. The molecule has 2 nitrogen and oxygen atoms in total. The molecule has 0 aliphatic heterocycles. The second-order valence-electron chi connectivity index (χ2n) is 4.58. The maximum atomic E-state index is 4.47. The maximum Gasteiger partial charge on any atom is 0.0746 e. The van der Waals surface area contributed by atoms with Gasteiger partial charge in [-0.05, 0) is 17.2 Å². The molecular formula is C17H16N2. The van der Waals surface area contributed by atoms with Gasteiger partial charge in [-0.2, -0.15) is 0 Å². The standard InChI is InChI=1S/C17H16N2/c1-2-6-14(7-3-1)12-18-13-16-9-4-8-15-10-5-11-19-17(15)16/h1-11,18H,12-13H2. The molecule has 2 heteroatoms. The van der Waals surface area contributed by atoms with E-state index in [1.165, 1.54) is 16.5 Å². The number of aromatic nitrogens is 1. The average Bonchev–Trinajstić information content (AvgIpc) is 2.49. The summed E-state index contributed by atoms with van der Waals surface area (Å²) in [7, 11) is 0. The fourth-order valence-corrected chi connectivity index (χ4v) is 2.25. The number of para-hydroxylation sites is 1. The van der Waals surface area contributed by atoms with Crippen LogP contribution in [0.1, 0.15) is 11.1 Å². The summed E-state index contributed by atoms with van der Waals surface area (Å²) >= 11 is 0. The van der Waals surface area contributed by atoms with Crippen molar-refractivity contribution in [2.75, 3.05) is 0 Å². The highest BCUT2D eigenvalue weighted by molar-refractivity contribution is 5.81. The summed E-state index contributed by atoms with van der Waals surface area (Å²) in [4.78, 5) is 4.47. The van der Waals surface area contributed by atoms with Crippen LogP contribution in [0.15, 0.2) is 66.9 Å². The molecule has 0 atom stereocenters. The minimum atomic E-state index is 0.837. The minimum Gasteiger partial charge on any atom is -0.309 e. The largest absolute Gasteiger partial charge is 0.309 e. The number of benzene rings is 2. The van der Waals surface area contributed by atoms with Gasteiger partial charge in [-0.3, -0.25) is 4.98 Å². The molecule has 3 rings (SSSR count). The molecule has 0 bridgehead atoms. The van der Waals surface area contributed by atoms with Gasteiger partial charge in [0, 0.05) is 24.7 Å². The van der Waals surface area contributed by atoms with Gasteiger partial charge < -0.3 is 5.32 Å². The van der Waals surface area contributed by atoms with Gasteiger partial charge in [-0.25, -0.2) is 0 Å². The third-order valence-electron chi connectivity index (χ3n) is 3.20. The smallest absolute Gasteiger partial charge is 0.0746 e. The Hall–Kier alpha value is -2.19. The predicted octanol–water partition coefficient (Wildman–Crippen LogP) is 3.52. The van der Waals surface area contributed by atoms with Crippen molar-refractivity contribution in [3.8, 4) is 0 Å². The van der Waals surface area contributed by atoms with Gasteiger partial charge in [0.1, 0.15) is 0 Å². The molecule has 1 aromatic heterocycles. The van der Waals surface area contributed by atoms with E-state index in [0.717, 1.165) is 18.6 Å². The summed E-state index contributed by atoms with van der Waals surface area (Å²) in [5, 5.41) is 4.67. The Kier molecular flexibility index (Phi) is 3.52. The lowest BCUT2D eigenvalue weighted by atomic mass is 10.1. The first kappa shape index (κ1) is 11.9. The second kappa shape index (κ2) is 5.63. The third-order valence-corrected chi connectivity index (χ3v) is 3.20. The van der Waals surface area contributed by atoms with Crippen molar-refractivity contribution >= 4 is 10.9 Å². The van der Waals surface area contributed by atoms with E-state index < -0.39 is 0 Å². The molecule has 0 saturated carbocycles. The number of pyridine rings is 1. The summed E-state index contributed by atoms with van der Waals surface area (Å²) in [5.41, 5.74) is 3.63. The van der Waals surface area contributed by atoms with Crippen molar-refractivity contribution < 1.29 is 0 Å². The minimum absolute atomic E-state index is 0.837. The zero-order valence-electron chi connectivity index (χ0n) is 10.7. The van der Waals surface area contributed by atoms with Crippen LogP contribution in [0.3, 0.4) is 0 Å². The van der Waals surface area contributed by atoms with Gasteiger partial charge in [-0.15, -0.1) is 0 Å². The number of nitrogens with zero attached hydrogens (tertiary/aromatic N) is 1. The topological polar surface area (TPSA) is 24.9 Å². The van der Waals surface area contributed by atoms with Crippen LogP contribution in [0.2, 0.25) is 0 Å². The fourth-order valence-electron chi connectivity index (χ4n) is 2.25. The highest BCUT2D eigenvalue weighted by Gasteiger charge is 2.01. The number of rotatable bonds is 4. The summed E-state index contributed by atoms with van der Waals surface area (Å²) in [5.74, 6) is 0. The Bertz CT molecular complexity index is 657. The fraction of sp³-hybridized carbons (Fsp3) is 0.118. The normalized spacial score (nSPS) is 10.7. The Morgan fingerprint density at radius 3 is 2.53 bits per heavy atom. The first-order valence-electron chi connectivity index (χ1n) is 6.51. The predicted molar refractivity (Wildman–Crippen MR) is 78.7 cm³/mol. The molecule has 19 heavy (non-hydrogen) atoms.